The molecule has 8 nitrogen and oxygen atoms in total. The highest BCUT2D eigenvalue weighted by Crippen LogP contribution is 2.26. The Bertz CT molecular complexity index is 835. The molecule has 8 heteroatoms. The van der Waals surface area contributed by atoms with Crippen LogP contribution in [0.5, 0.6) is 5.75 Å². The quantitative estimate of drug-likeness (QED) is 0.423. The van der Waals surface area contributed by atoms with E-state index in [0.717, 1.165) is 18.8 Å². The average molecular weight is 425 g/mol. The Morgan fingerprint density at radius 1 is 1.19 bits per heavy atom. The second-order valence-corrected chi connectivity index (χ2v) is 7.40. The Morgan fingerprint density at radius 3 is 2.61 bits per heavy atom. The molecule has 3 rings (SSSR count). The minimum absolute atomic E-state index is 0.0289. The number of nitrogens with zero attached hydrogens (tertiary/aromatic N) is 3. The number of methoxy groups -OCH3 is 1. The lowest BCUT2D eigenvalue weighted by molar-refractivity contribution is -0.114. The number of likely N-dealkylation sites (tertiary alicyclic amines) is 1. The Morgan fingerprint density at radius 2 is 1.97 bits per heavy atom. The zero-order valence-corrected chi connectivity index (χ0v) is 18.3. The summed E-state index contributed by atoms with van der Waals surface area (Å²) >= 11 is 0. The number of aromatic nitrogens is 1. The summed E-state index contributed by atoms with van der Waals surface area (Å²) in [5.41, 5.74) is 1.90. The van der Waals surface area contributed by atoms with Crippen LogP contribution in [0.2, 0.25) is 0 Å². The number of nitrogens with one attached hydrogen (secondary N) is 3. The van der Waals surface area contributed by atoms with E-state index in [1.165, 1.54) is 18.4 Å². The Hall–Kier alpha value is -3.13. The van der Waals surface area contributed by atoms with Crippen LogP contribution in [0.15, 0.2) is 53.8 Å². The molecule has 2 aromatic rings. The molecule has 1 aromatic heterocycles. The smallest absolute Gasteiger partial charge is 0.246 e. The van der Waals surface area contributed by atoms with Crippen LogP contribution in [-0.4, -0.2) is 61.6 Å². The largest absolute Gasteiger partial charge is 0.497 e. The van der Waals surface area contributed by atoms with Gasteiger partial charge < -0.3 is 20.7 Å². The summed E-state index contributed by atoms with van der Waals surface area (Å²) in [5.74, 6) is 1.30. The number of rotatable bonds is 9. The van der Waals surface area contributed by atoms with Crippen molar-refractivity contribution in [2.24, 2.45) is 4.99 Å². The van der Waals surface area contributed by atoms with Crippen molar-refractivity contribution < 1.29 is 9.53 Å². The zero-order valence-electron chi connectivity index (χ0n) is 18.3. The molecule has 1 atom stereocenters. The van der Waals surface area contributed by atoms with Crippen LogP contribution in [0.4, 0.5) is 5.69 Å². The SMILES string of the molecule is CCNC(=NCC(=O)Nc1cccnc1)NCC(c1ccc(OC)cc1)N1CCCC1. The summed E-state index contributed by atoms with van der Waals surface area (Å²) < 4.78 is 5.30. The maximum atomic E-state index is 12.2. The van der Waals surface area contributed by atoms with Crippen molar-refractivity contribution in [1.82, 2.24) is 20.5 Å². The first-order chi connectivity index (χ1) is 15.2. The first-order valence-electron chi connectivity index (χ1n) is 10.8. The molecular formula is C23H32N6O2. The molecule has 1 unspecified atom stereocenters. The minimum atomic E-state index is -0.184. The van der Waals surface area contributed by atoms with Gasteiger partial charge in [0, 0.05) is 19.3 Å². The van der Waals surface area contributed by atoms with Crippen molar-refractivity contribution in [2.45, 2.75) is 25.8 Å². The Kier molecular flexibility index (Phi) is 8.66. The van der Waals surface area contributed by atoms with Gasteiger partial charge in [0.25, 0.3) is 0 Å². The number of benzene rings is 1. The van der Waals surface area contributed by atoms with Gasteiger partial charge in [-0.15, -0.1) is 0 Å². The van der Waals surface area contributed by atoms with Crippen LogP contribution < -0.4 is 20.7 Å². The van der Waals surface area contributed by atoms with E-state index in [-0.39, 0.29) is 18.5 Å². The molecular weight excluding hydrogens is 392 g/mol. The third kappa shape index (κ3) is 6.96. The van der Waals surface area contributed by atoms with Gasteiger partial charge in [0.15, 0.2) is 5.96 Å². The van der Waals surface area contributed by atoms with Crippen LogP contribution >= 0.6 is 0 Å². The maximum absolute atomic E-state index is 12.2. The number of hydrogen-bond donors (Lipinski definition) is 3. The van der Waals surface area contributed by atoms with Gasteiger partial charge in [0.2, 0.25) is 5.91 Å². The molecule has 0 radical (unpaired) electrons. The number of anilines is 1. The summed E-state index contributed by atoms with van der Waals surface area (Å²) in [6.07, 6.45) is 5.71. The summed E-state index contributed by atoms with van der Waals surface area (Å²) in [7, 11) is 1.68. The van der Waals surface area contributed by atoms with E-state index in [9.17, 15) is 4.79 Å². The molecule has 31 heavy (non-hydrogen) atoms. The van der Waals surface area contributed by atoms with E-state index in [1.807, 2.05) is 19.1 Å². The number of carbonyl (C=O) groups is 1. The van der Waals surface area contributed by atoms with Crippen LogP contribution in [0.25, 0.3) is 0 Å². The van der Waals surface area contributed by atoms with Gasteiger partial charge in [-0.25, -0.2) is 4.99 Å². The van der Waals surface area contributed by atoms with Gasteiger partial charge in [-0.1, -0.05) is 12.1 Å². The van der Waals surface area contributed by atoms with Crippen molar-refractivity contribution in [2.75, 3.05) is 45.2 Å². The molecule has 0 bridgehead atoms. The maximum Gasteiger partial charge on any atom is 0.246 e. The van der Waals surface area contributed by atoms with Crippen LogP contribution in [0, 0.1) is 0 Å². The number of aliphatic imine (C=N–C) groups is 1. The van der Waals surface area contributed by atoms with Crippen LogP contribution in [-0.2, 0) is 4.79 Å². The number of guanidine groups is 1. The van der Waals surface area contributed by atoms with E-state index in [4.69, 9.17) is 4.74 Å². The highest BCUT2D eigenvalue weighted by Gasteiger charge is 2.23. The monoisotopic (exact) mass is 424 g/mol. The fourth-order valence-corrected chi connectivity index (χ4v) is 3.66. The zero-order chi connectivity index (χ0) is 21.9. The second kappa shape index (κ2) is 11.9. The van der Waals surface area contributed by atoms with Crippen molar-refractivity contribution in [3.8, 4) is 5.75 Å². The summed E-state index contributed by atoms with van der Waals surface area (Å²) in [5, 5.41) is 9.44. The lowest BCUT2D eigenvalue weighted by Gasteiger charge is -2.29. The van der Waals surface area contributed by atoms with Gasteiger partial charge >= 0.3 is 0 Å². The average Bonchev–Trinajstić information content (AvgIpc) is 3.33. The molecule has 0 saturated carbocycles. The van der Waals surface area contributed by atoms with Gasteiger partial charge in [-0.3, -0.25) is 14.7 Å². The molecule has 1 amide bonds. The predicted molar refractivity (Wildman–Crippen MR) is 123 cm³/mol. The minimum Gasteiger partial charge on any atom is -0.497 e. The molecule has 2 heterocycles. The van der Waals surface area contributed by atoms with Crippen LogP contribution in [0.3, 0.4) is 0 Å². The molecule has 1 fully saturated rings. The molecule has 1 aliphatic rings. The predicted octanol–water partition coefficient (Wildman–Crippen LogP) is 2.42. The van der Waals surface area contributed by atoms with E-state index in [0.29, 0.717) is 24.7 Å². The van der Waals surface area contributed by atoms with Gasteiger partial charge in [0.1, 0.15) is 12.3 Å². The molecule has 1 aromatic carbocycles. The van der Waals surface area contributed by atoms with E-state index >= 15 is 0 Å². The first kappa shape index (κ1) is 22.6. The van der Waals surface area contributed by atoms with Crippen LogP contribution in [0.1, 0.15) is 31.4 Å². The molecule has 166 valence electrons. The van der Waals surface area contributed by atoms with Gasteiger partial charge in [-0.05, 0) is 62.7 Å². The summed E-state index contributed by atoms with van der Waals surface area (Å²) in [6.45, 7) is 5.62. The van der Waals surface area contributed by atoms with E-state index in [2.05, 4.69) is 43.0 Å². The molecule has 3 N–H and O–H groups in total. The number of amides is 1. The van der Waals surface area contributed by atoms with Gasteiger partial charge in [-0.2, -0.15) is 0 Å². The number of carbonyl (C=O) groups excluding carboxylic acids is 1. The standard InChI is InChI=1S/C23H32N6O2/c1-3-25-23(27-17-22(30)28-19-7-6-12-24-15-19)26-16-21(29-13-4-5-14-29)18-8-10-20(31-2)11-9-18/h6-12,15,21H,3-5,13-14,16-17H2,1-2H3,(H,28,30)(H2,25,26,27). The van der Waals surface area contributed by atoms with Gasteiger partial charge in [0.05, 0.1) is 25.0 Å². The lowest BCUT2D eigenvalue weighted by Crippen LogP contribution is -2.43. The highest BCUT2D eigenvalue weighted by molar-refractivity contribution is 5.93. The number of ether oxygens (including phenoxy) is 1. The van der Waals surface area contributed by atoms with Crippen molar-refractivity contribution >= 4 is 17.6 Å². The van der Waals surface area contributed by atoms with E-state index in [1.54, 1.807) is 31.6 Å². The topological polar surface area (TPSA) is 90.9 Å². The number of hydrogen-bond acceptors (Lipinski definition) is 5. The normalized spacial score (nSPS) is 15.4. The highest BCUT2D eigenvalue weighted by atomic mass is 16.5. The second-order valence-electron chi connectivity index (χ2n) is 7.40. The van der Waals surface area contributed by atoms with Crippen molar-refractivity contribution in [3.05, 3.63) is 54.4 Å². The number of pyridine rings is 1. The summed E-state index contributed by atoms with van der Waals surface area (Å²) in [6, 6.07) is 12.0. The van der Waals surface area contributed by atoms with Crippen molar-refractivity contribution in [1.29, 1.82) is 0 Å². The van der Waals surface area contributed by atoms with Crippen molar-refractivity contribution in [3.63, 3.8) is 0 Å². The molecule has 0 spiro atoms. The molecule has 1 saturated heterocycles. The third-order valence-corrected chi connectivity index (χ3v) is 5.22. The fourth-order valence-electron chi connectivity index (χ4n) is 3.66. The fraction of sp³-hybridized carbons (Fsp3) is 0.435. The molecule has 1 aliphatic heterocycles. The summed E-state index contributed by atoms with van der Waals surface area (Å²) in [4.78, 5) is 23.2. The molecule has 0 aliphatic carbocycles. The first-order valence-corrected chi connectivity index (χ1v) is 10.8. The Balaban J connectivity index is 1.63. The third-order valence-electron chi connectivity index (χ3n) is 5.22. The Labute approximate surface area is 184 Å². The lowest BCUT2D eigenvalue weighted by atomic mass is 10.1. The van der Waals surface area contributed by atoms with E-state index < -0.39 is 0 Å².